The first-order valence-corrected chi connectivity index (χ1v) is 6.19. The third-order valence-corrected chi connectivity index (χ3v) is 2.62. The van der Waals surface area contributed by atoms with E-state index in [0.29, 0.717) is 17.7 Å². The van der Waals surface area contributed by atoms with Gasteiger partial charge >= 0.3 is 5.97 Å². The average molecular weight is 322 g/mol. The highest BCUT2D eigenvalue weighted by Crippen LogP contribution is 2.18. The Bertz CT molecular complexity index is 352. The highest BCUT2D eigenvalue weighted by molar-refractivity contribution is 14.1. The standard InChI is InChI=1S/C11H12FIO2/c1-8(14)15-10-4-5-11(12)9(7-10)3-2-6-13/h4-5,7H,2-3,6H2,1H3. The number of aryl methyl sites for hydroxylation is 1. The Morgan fingerprint density at radius 2 is 2.27 bits per heavy atom. The van der Waals surface area contributed by atoms with Gasteiger partial charge in [0.05, 0.1) is 0 Å². The second-order valence-electron chi connectivity index (χ2n) is 3.14. The molecule has 0 saturated heterocycles. The predicted octanol–water partition coefficient (Wildman–Crippen LogP) is 3.12. The van der Waals surface area contributed by atoms with Crippen LogP contribution >= 0.6 is 22.6 Å². The fourth-order valence-corrected chi connectivity index (χ4v) is 1.61. The SMILES string of the molecule is CC(=O)Oc1ccc(F)c(CCCI)c1. The van der Waals surface area contributed by atoms with Gasteiger partial charge in [0.1, 0.15) is 11.6 Å². The van der Waals surface area contributed by atoms with Crippen LogP contribution in [0.15, 0.2) is 18.2 Å². The molecule has 1 rings (SSSR count). The highest BCUT2D eigenvalue weighted by atomic mass is 127. The van der Waals surface area contributed by atoms with Crippen molar-refractivity contribution in [3.63, 3.8) is 0 Å². The van der Waals surface area contributed by atoms with Crippen molar-refractivity contribution in [1.29, 1.82) is 0 Å². The highest BCUT2D eigenvalue weighted by Gasteiger charge is 2.05. The van der Waals surface area contributed by atoms with E-state index in [1.807, 2.05) is 0 Å². The van der Waals surface area contributed by atoms with Crippen LogP contribution in [0.3, 0.4) is 0 Å². The molecule has 1 aromatic carbocycles. The average Bonchev–Trinajstić information content (AvgIpc) is 2.18. The number of carbonyl (C=O) groups is 1. The summed E-state index contributed by atoms with van der Waals surface area (Å²) >= 11 is 2.25. The molecule has 0 saturated carbocycles. The molecule has 82 valence electrons. The molecule has 0 unspecified atom stereocenters. The molecule has 2 nitrogen and oxygen atoms in total. The number of halogens is 2. The van der Waals surface area contributed by atoms with Gasteiger partial charge in [0.2, 0.25) is 0 Å². The van der Waals surface area contributed by atoms with Gasteiger partial charge in [-0.2, -0.15) is 0 Å². The largest absolute Gasteiger partial charge is 0.427 e. The fraction of sp³-hybridized carbons (Fsp3) is 0.364. The lowest BCUT2D eigenvalue weighted by molar-refractivity contribution is -0.131. The maximum atomic E-state index is 13.3. The number of benzene rings is 1. The van der Waals surface area contributed by atoms with E-state index < -0.39 is 0 Å². The molecule has 0 heterocycles. The molecule has 0 N–H and O–H groups in total. The van der Waals surface area contributed by atoms with Crippen molar-refractivity contribution in [2.75, 3.05) is 4.43 Å². The summed E-state index contributed by atoms with van der Waals surface area (Å²) in [6.45, 7) is 1.33. The Balaban J connectivity index is 2.79. The van der Waals surface area contributed by atoms with Gasteiger partial charge in [0.25, 0.3) is 0 Å². The molecule has 0 aromatic heterocycles. The van der Waals surface area contributed by atoms with E-state index in [1.165, 1.54) is 19.1 Å². The molecule has 0 amide bonds. The Hall–Kier alpha value is -0.650. The molecule has 0 radical (unpaired) electrons. The molecular formula is C11H12FIO2. The molecule has 15 heavy (non-hydrogen) atoms. The molecule has 0 bridgehead atoms. The van der Waals surface area contributed by atoms with Gasteiger partial charge in [-0.1, -0.05) is 22.6 Å². The second-order valence-corrected chi connectivity index (χ2v) is 4.22. The lowest BCUT2D eigenvalue weighted by atomic mass is 10.1. The zero-order valence-corrected chi connectivity index (χ0v) is 10.6. The van der Waals surface area contributed by atoms with E-state index in [4.69, 9.17) is 4.74 Å². The van der Waals surface area contributed by atoms with Crippen LogP contribution in [0.2, 0.25) is 0 Å². The van der Waals surface area contributed by atoms with E-state index >= 15 is 0 Å². The quantitative estimate of drug-likeness (QED) is 0.368. The van der Waals surface area contributed by atoms with E-state index in [2.05, 4.69) is 22.6 Å². The molecule has 1 aromatic rings. The minimum atomic E-state index is -0.388. The Labute approximate surface area is 102 Å². The van der Waals surface area contributed by atoms with Crippen molar-refractivity contribution in [1.82, 2.24) is 0 Å². The van der Waals surface area contributed by atoms with Gasteiger partial charge in [-0.05, 0) is 41.0 Å². The zero-order valence-electron chi connectivity index (χ0n) is 8.43. The van der Waals surface area contributed by atoms with Crippen molar-refractivity contribution < 1.29 is 13.9 Å². The van der Waals surface area contributed by atoms with Gasteiger partial charge in [0, 0.05) is 6.92 Å². The van der Waals surface area contributed by atoms with Gasteiger partial charge in [0.15, 0.2) is 0 Å². The van der Waals surface area contributed by atoms with E-state index in [1.54, 1.807) is 6.07 Å². The summed E-state index contributed by atoms with van der Waals surface area (Å²) in [6, 6.07) is 4.38. The van der Waals surface area contributed by atoms with Gasteiger partial charge in [-0.25, -0.2) is 4.39 Å². The summed E-state index contributed by atoms with van der Waals surface area (Å²) in [5, 5.41) is 0. The molecule has 0 aliphatic rings. The van der Waals surface area contributed by atoms with Crippen LogP contribution in [0.25, 0.3) is 0 Å². The number of hydrogen-bond donors (Lipinski definition) is 0. The number of rotatable bonds is 4. The number of ether oxygens (including phenoxy) is 1. The number of carbonyl (C=O) groups excluding carboxylic acids is 1. The lowest BCUT2D eigenvalue weighted by Gasteiger charge is -2.05. The molecule has 4 heteroatoms. The molecule has 0 spiro atoms. The van der Waals surface area contributed by atoms with Crippen molar-refractivity contribution in [3.8, 4) is 5.75 Å². The summed E-state index contributed by atoms with van der Waals surface area (Å²) in [7, 11) is 0. The van der Waals surface area contributed by atoms with Crippen LogP contribution in [0.5, 0.6) is 5.75 Å². The summed E-state index contributed by atoms with van der Waals surface area (Å²) < 4.78 is 19.2. The van der Waals surface area contributed by atoms with Gasteiger partial charge in [-0.3, -0.25) is 4.79 Å². The Kier molecular flexibility index (Phi) is 5.01. The zero-order chi connectivity index (χ0) is 11.3. The lowest BCUT2D eigenvalue weighted by Crippen LogP contribution is -2.02. The maximum absolute atomic E-state index is 13.3. The normalized spacial score (nSPS) is 10.1. The molecular weight excluding hydrogens is 310 g/mol. The van der Waals surface area contributed by atoms with Crippen LogP contribution in [-0.2, 0) is 11.2 Å². The van der Waals surface area contributed by atoms with E-state index in [-0.39, 0.29) is 11.8 Å². The van der Waals surface area contributed by atoms with Crippen LogP contribution in [0.4, 0.5) is 4.39 Å². The Morgan fingerprint density at radius 3 is 2.87 bits per heavy atom. The van der Waals surface area contributed by atoms with E-state index in [9.17, 15) is 9.18 Å². The Morgan fingerprint density at radius 1 is 1.53 bits per heavy atom. The number of hydrogen-bond acceptors (Lipinski definition) is 2. The molecule has 0 aliphatic heterocycles. The van der Waals surface area contributed by atoms with Crippen molar-refractivity contribution in [2.45, 2.75) is 19.8 Å². The smallest absolute Gasteiger partial charge is 0.308 e. The predicted molar refractivity (Wildman–Crippen MR) is 64.9 cm³/mol. The second kappa shape index (κ2) is 6.05. The maximum Gasteiger partial charge on any atom is 0.308 e. The van der Waals surface area contributed by atoms with Crippen molar-refractivity contribution >= 4 is 28.6 Å². The first-order valence-electron chi connectivity index (χ1n) is 4.66. The number of alkyl halides is 1. The molecule has 0 aliphatic carbocycles. The summed E-state index contributed by atoms with van der Waals surface area (Å²) in [5.41, 5.74) is 0.602. The summed E-state index contributed by atoms with van der Waals surface area (Å²) in [5.74, 6) is -0.218. The van der Waals surface area contributed by atoms with Crippen LogP contribution in [0, 0.1) is 5.82 Å². The fourth-order valence-electron chi connectivity index (χ4n) is 1.23. The van der Waals surface area contributed by atoms with E-state index in [0.717, 1.165) is 10.8 Å². The minimum absolute atomic E-state index is 0.240. The van der Waals surface area contributed by atoms with Crippen LogP contribution in [0.1, 0.15) is 18.9 Å². The first kappa shape index (κ1) is 12.4. The third-order valence-electron chi connectivity index (χ3n) is 1.86. The van der Waals surface area contributed by atoms with Crippen LogP contribution < -0.4 is 4.74 Å². The van der Waals surface area contributed by atoms with Gasteiger partial charge < -0.3 is 4.74 Å². The minimum Gasteiger partial charge on any atom is -0.427 e. The monoisotopic (exact) mass is 322 g/mol. The summed E-state index contributed by atoms with van der Waals surface area (Å²) in [6.07, 6.45) is 1.59. The number of esters is 1. The van der Waals surface area contributed by atoms with Crippen LogP contribution in [-0.4, -0.2) is 10.4 Å². The van der Waals surface area contributed by atoms with Crippen molar-refractivity contribution in [2.24, 2.45) is 0 Å². The van der Waals surface area contributed by atoms with Gasteiger partial charge in [-0.15, -0.1) is 0 Å². The topological polar surface area (TPSA) is 26.3 Å². The molecule has 0 atom stereocenters. The summed E-state index contributed by atoms with van der Waals surface area (Å²) in [4.78, 5) is 10.7. The molecule has 0 fully saturated rings. The third kappa shape index (κ3) is 4.15. The van der Waals surface area contributed by atoms with Crippen molar-refractivity contribution in [3.05, 3.63) is 29.6 Å². The first-order chi connectivity index (χ1) is 7.13.